The standard InChI is InChI=1S/C24H19F6NO3.C7H14N2O/c1-31(22(34)17-10-18(23(25,26)27)12-19(11-17)24(28,29)30)20(13-21(32)33)9-14-6-7-15-4-2-3-5-16(15)8-14;1-6-4-2-3-5-9(6)7(8)10/h2-8,10-12,20H,9,13H2,1H3,(H,32,33);6H,2-5H2,1H3,(H2,8,10). The van der Waals surface area contributed by atoms with Crippen LogP contribution in [0.5, 0.6) is 0 Å². The summed E-state index contributed by atoms with van der Waals surface area (Å²) in [7, 11) is 1.16. The van der Waals surface area contributed by atoms with E-state index in [-0.39, 0.29) is 18.5 Å². The maximum absolute atomic E-state index is 13.2. The molecule has 3 aromatic carbocycles. The number of halogens is 6. The lowest BCUT2D eigenvalue weighted by Gasteiger charge is -2.31. The van der Waals surface area contributed by atoms with Gasteiger partial charge >= 0.3 is 24.4 Å². The molecular weight excluding hydrogens is 592 g/mol. The van der Waals surface area contributed by atoms with Crippen molar-refractivity contribution in [2.24, 2.45) is 5.73 Å². The van der Waals surface area contributed by atoms with Gasteiger partial charge in [-0.2, -0.15) is 26.3 Å². The van der Waals surface area contributed by atoms with Gasteiger partial charge in [0.1, 0.15) is 0 Å². The number of amides is 3. The molecule has 13 heteroatoms. The molecule has 0 spiro atoms. The molecule has 0 bridgehead atoms. The van der Waals surface area contributed by atoms with Crippen LogP contribution in [-0.2, 0) is 23.6 Å². The highest BCUT2D eigenvalue weighted by Crippen LogP contribution is 2.36. The second-order valence-electron chi connectivity index (χ2n) is 10.7. The Kier molecular flexibility index (Phi) is 10.9. The number of benzene rings is 3. The minimum atomic E-state index is -5.11. The van der Waals surface area contributed by atoms with Crippen LogP contribution in [-0.4, -0.2) is 58.5 Å². The average Bonchev–Trinajstić information content (AvgIpc) is 2.95. The SMILES string of the molecule is CC1CCCCN1C(N)=O.CN(C(=O)c1cc(C(F)(F)F)cc(C(F)(F)F)c1)C(CC(=O)O)Cc1ccc2ccccc2c1. The van der Waals surface area contributed by atoms with Gasteiger partial charge in [0.2, 0.25) is 0 Å². The third kappa shape index (κ3) is 9.10. The number of hydrogen-bond donors (Lipinski definition) is 2. The predicted molar refractivity (Wildman–Crippen MR) is 152 cm³/mol. The van der Waals surface area contributed by atoms with Crippen LogP contribution < -0.4 is 5.73 Å². The summed E-state index contributed by atoms with van der Waals surface area (Å²) in [6.07, 6.45) is -7.31. The Balaban J connectivity index is 0.000000448. The fourth-order valence-corrected chi connectivity index (χ4v) is 5.06. The number of hydrogen-bond acceptors (Lipinski definition) is 3. The number of aliphatic carboxylic acids is 1. The van der Waals surface area contributed by atoms with Gasteiger partial charge in [-0.25, -0.2) is 4.79 Å². The van der Waals surface area contributed by atoms with Crippen molar-refractivity contribution in [2.75, 3.05) is 13.6 Å². The summed E-state index contributed by atoms with van der Waals surface area (Å²) in [5, 5.41) is 11.1. The molecule has 0 aromatic heterocycles. The van der Waals surface area contributed by atoms with E-state index in [2.05, 4.69) is 0 Å². The highest BCUT2D eigenvalue weighted by molar-refractivity contribution is 5.95. The first-order chi connectivity index (χ1) is 20.5. The molecule has 1 heterocycles. The number of carbonyl (C=O) groups excluding carboxylic acids is 2. The molecule has 2 atom stereocenters. The minimum Gasteiger partial charge on any atom is -0.481 e. The molecule has 2 unspecified atom stereocenters. The zero-order chi connectivity index (χ0) is 32.8. The van der Waals surface area contributed by atoms with E-state index >= 15 is 0 Å². The van der Waals surface area contributed by atoms with E-state index < -0.39 is 53.4 Å². The molecule has 0 radical (unpaired) electrons. The van der Waals surface area contributed by atoms with Crippen LogP contribution in [0.25, 0.3) is 10.8 Å². The van der Waals surface area contributed by atoms with Crippen LogP contribution in [0.2, 0.25) is 0 Å². The zero-order valence-corrected chi connectivity index (χ0v) is 24.1. The fourth-order valence-electron chi connectivity index (χ4n) is 5.06. The van der Waals surface area contributed by atoms with E-state index in [1.165, 1.54) is 6.42 Å². The number of primary amides is 1. The molecule has 3 amide bonds. The number of carbonyl (C=O) groups is 3. The Morgan fingerprint density at radius 2 is 1.52 bits per heavy atom. The number of rotatable bonds is 6. The number of fused-ring (bicyclic) bond motifs is 1. The highest BCUT2D eigenvalue weighted by atomic mass is 19.4. The van der Waals surface area contributed by atoms with Crippen LogP contribution >= 0.6 is 0 Å². The van der Waals surface area contributed by atoms with Crippen molar-refractivity contribution in [2.45, 2.75) is 63.5 Å². The number of carboxylic acid groups (broad SMARTS) is 1. The molecule has 4 rings (SSSR count). The number of carboxylic acids is 1. The molecule has 238 valence electrons. The molecule has 1 fully saturated rings. The van der Waals surface area contributed by atoms with Gasteiger partial charge in [-0.3, -0.25) is 9.59 Å². The van der Waals surface area contributed by atoms with Gasteiger partial charge in [0.15, 0.2) is 0 Å². The Morgan fingerprint density at radius 3 is 2.02 bits per heavy atom. The largest absolute Gasteiger partial charge is 0.481 e. The summed E-state index contributed by atoms with van der Waals surface area (Å²) in [4.78, 5) is 37.7. The van der Waals surface area contributed by atoms with E-state index in [4.69, 9.17) is 5.73 Å². The van der Waals surface area contributed by atoms with Crippen molar-refractivity contribution in [3.05, 3.63) is 82.9 Å². The lowest BCUT2D eigenvalue weighted by Crippen LogP contribution is -2.44. The first-order valence-corrected chi connectivity index (χ1v) is 13.8. The van der Waals surface area contributed by atoms with Crippen LogP contribution in [0.4, 0.5) is 31.1 Å². The quantitative estimate of drug-likeness (QED) is 0.289. The summed E-state index contributed by atoms with van der Waals surface area (Å²) in [5.41, 5.74) is 1.72. The Morgan fingerprint density at radius 1 is 0.932 bits per heavy atom. The number of nitrogens with two attached hydrogens (primary N) is 1. The van der Waals surface area contributed by atoms with E-state index in [0.29, 0.717) is 23.7 Å². The molecule has 1 aliphatic rings. The maximum Gasteiger partial charge on any atom is 0.416 e. The van der Waals surface area contributed by atoms with Gasteiger partial charge in [0.05, 0.1) is 17.5 Å². The molecule has 7 nitrogen and oxygen atoms in total. The monoisotopic (exact) mass is 625 g/mol. The van der Waals surface area contributed by atoms with Crippen LogP contribution in [0.3, 0.4) is 0 Å². The van der Waals surface area contributed by atoms with Gasteiger partial charge in [-0.1, -0.05) is 42.5 Å². The van der Waals surface area contributed by atoms with Gasteiger partial charge in [-0.05, 0) is 67.1 Å². The molecule has 0 saturated carbocycles. The molecular formula is C31H33F6N3O4. The van der Waals surface area contributed by atoms with Crippen LogP contribution in [0, 0.1) is 0 Å². The number of piperidine rings is 1. The molecule has 1 saturated heterocycles. The molecule has 44 heavy (non-hydrogen) atoms. The van der Waals surface area contributed by atoms with Crippen LogP contribution in [0.15, 0.2) is 60.7 Å². The average molecular weight is 626 g/mol. The van der Waals surface area contributed by atoms with E-state index in [0.717, 1.165) is 42.1 Å². The molecule has 3 aromatic rings. The van der Waals surface area contributed by atoms with E-state index in [1.54, 1.807) is 23.1 Å². The number of likely N-dealkylation sites (tertiary alicyclic amines) is 1. The van der Waals surface area contributed by atoms with Gasteiger partial charge in [0, 0.05) is 31.2 Å². The summed E-state index contributed by atoms with van der Waals surface area (Å²) in [5.74, 6) is -2.42. The van der Waals surface area contributed by atoms with Crippen molar-refractivity contribution in [1.82, 2.24) is 9.80 Å². The number of urea groups is 1. The van der Waals surface area contributed by atoms with Gasteiger partial charge in [-0.15, -0.1) is 0 Å². The second-order valence-corrected chi connectivity index (χ2v) is 10.7. The van der Waals surface area contributed by atoms with Crippen molar-refractivity contribution in [3.63, 3.8) is 0 Å². The van der Waals surface area contributed by atoms with Crippen molar-refractivity contribution < 1.29 is 45.8 Å². The third-order valence-electron chi connectivity index (χ3n) is 7.48. The van der Waals surface area contributed by atoms with Gasteiger partial charge in [0.25, 0.3) is 5.91 Å². The summed E-state index contributed by atoms with van der Waals surface area (Å²) in [6.45, 7) is 2.89. The Labute approximate surface area is 250 Å². The minimum absolute atomic E-state index is 0.0322. The predicted octanol–water partition coefficient (Wildman–Crippen LogP) is 6.97. The Hall–Kier alpha value is -4.29. The first-order valence-electron chi connectivity index (χ1n) is 13.8. The van der Waals surface area contributed by atoms with Crippen LogP contribution in [0.1, 0.15) is 59.7 Å². The number of likely N-dealkylation sites (N-methyl/N-ethyl adjacent to an activating group) is 1. The molecule has 0 aliphatic carbocycles. The smallest absolute Gasteiger partial charge is 0.416 e. The second kappa shape index (κ2) is 14.0. The van der Waals surface area contributed by atoms with Gasteiger partial charge < -0.3 is 20.6 Å². The third-order valence-corrected chi connectivity index (χ3v) is 7.48. The zero-order valence-electron chi connectivity index (χ0n) is 24.1. The van der Waals surface area contributed by atoms with E-state index in [1.807, 2.05) is 31.2 Å². The Bertz CT molecular complexity index is 1460. The molecule has 3 N–H and O–H groups in total. The summed E-state index contributed by atoms with van der Waals surface area (Å²) < 4.78 is 79.1. The highest BCUT2D eigenvalue weighted by Gasteiger charge is 2.38. The maximum atomic E-state index is 13.2. The van der Waals surface area contributed by atoms with Crippen molar-refractivity contribution in [3.8, 4) is 0 Å². The lowest BCUT2D eigenvalue weighted by atomic mass is 9.98. The summed E-state index contributed by atoms with van der Waals surface area (Å²) >= 11 is 0. The number of nitrogens with zero attached hydrogens (tertiary/aromatic N) is 2. The van der Waals surface area contributed by atoms with E-state index in [9.17, 15) is 45.8 Å². The topological polar surface area (TPSA) is 104 Å². The lowest BCUT2D eigenvalue weighted by molar-refractivity contribution is -0.143. The normalized spacial score (nSPS) is 16.1. The van der Waals surface area contributed by atoms with Crippen molar-refractivity contribution in [1.29, 1.82) is 0 Å². The van der Waals surface area contributed by atoms with Crippen molar-refractivity contribution >= 4 is 28.7 Å². The first kappa shape index (κ1) is 34.2. The fraction of sp³-hybridized carbons (Fsp3) is 0.387. The molecule has 1 aliphatic heterocycles. The summed E-state index contributed by atoms with van der Waals surface area (Å²) in [6, 6.07) is 12.3. The number of alkyl halides is 6.